The summed E-state index contributed by atoms with van der Waals surface area (Å²) in [6, 6.07) is 9.79. The van der Waals surface area contributed by atoms with Gasteiger partial charge >= 0.3 is 5.24 Å². The summed E-state index contributed by atoms with van der Waals surface area (Å²) in [5.41, 5.74) is 1.95. The van der Waals surface area contributed by atoms with E-state index in [1.165, 1.54) is 11.8 Å². The molecule has 0 unspecified atom stereocenters. The van der Waals surface area contributed by atoms with Crippen molar-refractivity contribution in [2.75, 3.05) is 5.75 Å². The summed E-state index contributed by atoms with van der Waals surface area (Å²) in [5, 5.41) is -0.0751. The molecule has 0 aliphatic carbocycles. The largest absolute Gasteiger partial charge is 0.305 e. The van der Waals surface area contributed by atoms with Crippen molar-refractivity contribution in [3.05, 3.63) is 35.9 Å². The van der Waals surface area contributed by atoms with Crippen LogP contribution in [0, 0.1) is 0 Å². The fourth-order valence-corrected chi connectivity index (χ4v) is 1.75. The van der Waals surface area contributed by atoms with Crippen LogP contribution in [-0.2, 0) is 0 Å². The molecule has 1 aromatic carbocycles. The number of carbonyl (C=O) groups is 1. The number of hydrogen-bond acceptors (Lipinski definition) is 2. The van der Waals surface area contributed by atoms with Crippen LogP contribution >= 0.6 is 11.8 Å². The fraction of sp³-hybridized carbons (Fsp3) is 0.111. The van der Waals surface area contributed by atoms with Crippen molar-refractivity contribution in [1.82, 2.24) is 0 Å². The summed E-state index contributed by atoms with van der Waals surface area (Å²) in [4.78, 5) is 14.7. The monoisotopic (exact) mass is 177 g/mol. The van der Waals surface area contributed by atoms with E-state index in [1.807, 2.05) is 30.3 Å². The SMILES string of the molecule is O=C1N=C(c2ccccc2)CS1. The molecule has 1 heterocycles. The molecule has 3 heteroatoms. The van der Waals surface area contributed by atoms with Gasteiger partial charge in [0, 0.05) is 5.75 Å². The number of benzene rings is 1. The van der Waals surface area contributed by atoms with Crippen molar-refractivity contribution in [3.63, 3.8) is 0 Å². The second-order valence-electron chi connectivity index (χ2n) is 2.48. The van der Waals surface area contributed by atoms with Crippen LogP contribution in [0.4, 0.5) is 4.79 Å². The molecule has 1 aliphatic rings. The molecule has 0 atom stereocenters. The van der Waals surface area contributed by atoms with Crippen molar-refractivity contribution >= 4 is 22.7 Å². The lowest BCUT2D eigenvalue weighted by Crippen LogP contribution is -1.98. The van der Waals surface area contributed by atoms with E-state index in [0.717, 1.165) is 11.3 Å². The molecule has 0 saturated heterocycles. The maximum absolute atomic E-state index is 10.8. The van der Waals surface area contributed by atoms with Crippen molar-refractivity contribution in [3.8, 4) is 0 Å². The molecule has 1 aromatic rings. The maximum atomic E-state index is 10.8. The first-order chi connectivity index (χ1) is 5.86. The average molecular weight is 177 g/mol. The van der Waals surface area contributed by atoms with Crippen LogP contribution in [0.3, 0.4) is 0 Å². The topological polar surface area (TPSA) is 29.4 Å². The van der Waals surface area contributed by atoms with Crippen LogP contribution < -0.4 is 0 Å². The van der Waals surface area contributed by atoms with Gasteiger partial charge < -0.3 is 0 Å². The van der Waals surface area contributed by atoms with E-state index in [2.05, 4.69) is 4.99 Å². The Kier molecular flexibility index (Phi) is 1.96. The zero-order valence-corrected chi connectivity index (χ0v) is 7.17. The summed E-state index contributed by atoms with van der Waals surface area (Å²) < 4.78 is 0. The van der Waals surface area contributed by atoms with Gasteiger partial charge in [0.25, 0.3) is 0 Å². The van der Waals surface area contributed by atoms with E-state index in [4.69, 9.17) is 0 Å². The highest BCUT2D eigenvalue weighted by Crippen LogP contribution is 2.17. The second kappa shape index (κ2) is 3.11. The lowest BCUT2D eigenvalue weighted by Gasteiger charge is -1.95. The first-order valence-corrected chi connectivity index (χ1v) is 4.64. The molecule has 0 N–H and O–H groups in total. The van der Waals surface area contributed by atoms with Crippen LogP contribution in [0.25, 0.3) is 0 Å². The molecule has 1 aliphatic heterocycles. The maximum Gasteiger partial charge on any atom is 0.305 e. The minimum atomic E-state index is -0.0751. The molecule has 0 spiro atoms. The Balaban J connectivity index is 2.33. The van der Waals surface area contributed by atoms with Gasteiger partial charge in [-0.3, -0.25) is 4.79 Å². The molecule has 0 radical (unpaired) electrons. The van der Waals surface area contributed by atoms with Crippen LogP contribution in [-0.4, -0.2) is 16.7 Å². The standard InChI is InChI=1S/C9H7NOS/c11-9-10-8(6-12-9)7-4-2-1-3-5-7/h1-5H,6H2. The Bertz CT molecular complexity index is 332. The van der Waals surface area contributed by atoms with Gasteiger partial charge in [0.1, 0.15) is 0 Å². The molecule has 0 bridgehead atoms. The molecule has 2 rings (SSSR count). The Morgan fingerprint density at radius 1 is 1.25 bits per heavy atom. The number of aliphatic imine (C=N–C) groups is 1. The second-order valence-corrected chi connectivity index (χ2v) is 3.41. The van der Waals surface area contributed by atoms with Gasteiger partial charge in [0.15, 0.2) is 0 Å². The summed E-state index contributed by atoms with van der Waals surface area (Å²) in [5.74, 6) is 0.711. The Morgan fingerprint density at radius 3 is 2.58 bits per heavy atom. The molecule has 0 aromatic heterocycles. The zero-order chi connectivity index (χ0) is 8.39. The first kappa shape index (κ1) is 7.55. The number of nitrogens with zero attached hydrogens (tertiary/aromatic N) is 1. The lowest BCUT2D eigenvalue weighted by atomic mass is 10.1. The van der Waals surface area contributed by atoms with Crippen LogP contribution in [0.15, 0.2) is 35.3 Å². The molecular weight excluding hydrogens is 170 g/mol. The van der Waals surface area contributed by atoms with E-state index in [0.29, 0.717) is 5.75 Å². The van der Waals surface area contributed by atoms with E-state index in [-0.39, 0.29) is 5.24 Å². The minimum Gasteiger partial charge on any atom is -0.259 e. The molecule has 1 amide bonds. The third kappa shape index (κ3) is 1.41. The van der Waals surface area contributed by atoms with E-state index in [1.54, 1.807) is 0 Å². The minimum absolute atomic E-state index is 0.0751. The first-order valence-electron chi connectivity index (χ1n) is 3.66. The van der Waals surface area contributed by atoms with E-state index in [9.17, 15) is 4.79 Å². The molecular formula is C9H7NOS. The predicted octanol–water partition coefficient (Wildman–Crippen LogP) is 2.34. The lowest BCUT2D eigenvalue weighted by molar-refractivity contribution is 0.268. The summed E-state index contributed by atoms with van der Waals surface area (Å²) in [6.45, 7) is 0. The normalized spacial score (nSPS) is 16.3. The van der Waals surface area contributed by atoms with Gasteiger partial charge in [0.05, 0.1) is 5.71 Å². The van der Waals surface area contributed by atoms with E-state index < -0.39 is 0 Å². The highest BCUT2D eigenvalue weighted by Gasteiger charge is 2.15. The third-order valence-electron chi connectivity index (χ3n) is 1.67. The highest BCUT2D eigenvalue weighted by atomic mass is 32.2. The quantitative estimate of drug-likeness (QED) is 0.659. The van der Waals surface area contributed by atoms with Crippen LogP contribution in [0.2, 0.25) is 0 Å². The molecule has 2 nitrogen and oxygen atoms in total. The number of amides is 1. The van der Waals surface area contributed by atoms with Gasteiger partial charge in [-0.05, 0) is 5.56 Å². The van der Waals surface area contributed by atoms with Gasteiger partial charge in [-0.2, -0.15) is 0 Å². The number of carbonyl (C=O) groups excluding carboxylic acids is 1. The summed E-state index contributed by atoms with van der Waals surface area (Å²) >= 11 is 1.26. The van der Waals surface area contributed by atoms with Crippen LogP contribution in [0.1, 0.15) is 5.56 Å². The Labute approximate surface area is 74.7 Å². The van der Waals surface area contributed by atoms with Crippen molar-refractivity contribution < 1.29 is 4.79 Å². The van der Waals surface area contributed by atoms with Crippen molar-refractivity contribution in [1.29, 1.82) is 0 Å². The van der Waals surface area contributed by atoms with Gasteiger partial charge in [-0.25, -0.2) is 4.99 Å². The summed E-state index contributed by atoms with van der Waals surface area (Å²) in [6.07, 6.45) is 0. The Morgan fingerprint density at radius 2 is 2.00 bits per heavy atom. The number of thioether (sulfide) groups is 1. The molecule has 0 fully saturated rings. The Hall–Kier alpha value is -1.09. The predicted molar refractivity (Wildman–Crippen MR) is 50.8 cm³/mol. The van der Waals surface area contributed by atoms with Crippen molar-refractivity contribution in [2.24, 2.45) is 4.99 Å². The van der Waals surface area contributed by atoms with Gasteiger partial charge in [-0.1, -0.05) is 42.1 Å². The summed E-state index contributed by atoms with van der Waals surface area (Å²) in [7, 11) is 0. The number of rotatable bonds is 1. The fourth-order valence-electron chi connectivity index (χ4n) is 1.08. The highest BCUT2D eigenvalue weighted by molar-refractivity contribution is 8.14. The smallest absolute Gasteiger partial charge is 0.259 e. The average Bonchev–Trinajstić information content (AvgIpc) is 2.54. The molecule has 12 heavy (non-hydrogen) atoms. The third-order valence-corrected chi connectivity index (χ3v) is 2.42. The van der Waals surface area contributed by atoms with E-state index >= 15 is 0 Å². The molecule has 60 valence electrons. The van der Waals surface area contributed by atoms with Gasteiger partial charge in [0.2, 0.25) is 0 Å². The van der Waals surface area contributed by atoms with Gasteiger partial charge in [-0.15, -0.1) is 0 Å². The van der Waals surface area contributed by atoms with Crippen LogP contribution in [0.5, 0.6) is 0 Å². The zero-order valence-electron chi connectivity index (χ0n) is 6.36. The van der Waals surface area contributed by atoms with Crippen molar-refractivity contribution in [2.45, 2.75) is 0 Å². The number of hydrogen-bond donors (Lipinski definition) is 0. The molecule has 0 saturated carbocycles.